The fourth-order valence-corrected chi connectivity index (χ4v) is 3.10. The summed E-state index contributed by atoms with van der Waals surface area (Å²) in [6.07, 6.45) is 2.17. The van der Waals surface area contributed by atoms with E-state index in [0.29, 0.717) is 6.61 Å². The van der Waals surface area contributed by atoms with Gasteiger partial charge in [0.15, 0.2) is 0 Å². The average Bonchev–Trinajstić information content (AvgIpc) is 2.89. The Morgan fingerprint density at radius 2 is 2.18 bits per heavy atom. The molecule has 0 saturated heterocycles. The first kappa shape index (κ1) is 15.5. The summed E-state index contributed by atoms with van der Waals surface area (Å²) in [6, 6.07) is 8.21. The van der Waals surface area contributed by atoms with Crippen LogP contribution in [-0.2, 0) is 11.3 Å². The van der Waals surface area contributed by atoms with Gasteiger partial charge in [0, 0.05) is 18.7 Å². The van der Waals surface area contributed by atoms with Gasteiger partial charge in [0.2, 0.25) is 0 Å². The van der Waals surface area contributed by atoms with Gasteiger partial charge in [0.05, 0.1) is 18.7 Å². The third-order valence-electron chi connectivity index (χ3n) is 3.99. The molecule has 1 N–H and O–H groups in total. The van der Waals surface area contributed by atoms with Gasteiger partial charge in [-0.1, -0.05) is 23.7 Å². The topological polar surface area (TPSA) is 52.0 Å². The van der Waals surface area contributed by atoms with E-state index in [-0.39, 0.29) is 12.1 Å². The van der Waals surface area contributed by atoms with Crippen molar-refractivity contribution in [3.05, 3.63) is 46.5 Å². The molecule has 1 aromatic heterocycles. The molecule has 2 unspecified atom stereocenters. The smallest absolute Gasteiger partial charge is 0.147 e. The lowest BCUT2D eigenvalue weighted by molar-refractivity contribution is 0.156. The summed E-state index contributed by atoms with van der Waals surface area (Å²) >= 11 is 5.98. The van der Waals surface area contributed by atoms with Gasteiger partial charge in [-0.2, -0.15) is 5.10 Å². The third kappa shape index (κ3) is 3.32. The van der Waals surface area contributed by atoms with Crippen LogP contribution in [0.2, 0.25) is 5.02 Å². The Kier molecular flexibility index (Phi) is 4.76. The summed E-state index contributed by atoms with van der Waals surface area (Å²) in [5.74, 6) is 1.86. The molecule has 6 heteroatoms. The Morgan fingerprint density at radius 1 is 1.41 bits per heavy atom. The van der Waals surface area contributed by atoms with Gasteiger partial charge >= 0.3 is 0 Å². The Balaban J connectivity index is 1.81. The number of methoxy groups -OCH3 is 1. The third-order valence-corrected chi connectivity index (χ3v) is 4.24. The molecule has 0 fully saturated rings. The highest BCUT2D eigenvalue weighted by Crippen LogP contribution is 2.27. The normalized spacial score (nSPS) is 19.0. The van der Waals surface area contributed by atoms with Gasteiger partial charge in [-0.15, -0.1) is 0 Å². The molecule has 1 aliphatic rings. The van der Waals surface area contributed by atoms with Crippen LogP contribution in [0.5, 0.6) is 0 Å². The van der Waals surface area contributed by atoms with Crippen molar-refractivity contribution in [1.29, 1.82) is 0 Å². The number of halogens is 1. The Bertz CT molecular complexity index is 626. The number of hydrogen-bond acceptors (Lipinski definition) is 4. The molecule has 0 saturated carbocycles. The second-order valence-electron chi connectivity index (χ2n) is 5.66. The molecule has 0 aliphatic carbocycles. The maximum atomic E-state index is 5.98. The van der Waals surface area contributed by atoms with Crippen molar-refractivity contribution < 1.29 is 4.74 Å². The van der Waals surface area contributed by atoms with Gasteiger partial charge < -0.3 is 4.74 Å². The van der Waals surface area contributed by atoms with E-state index in [1.54, 1.807) is 7.11 Å². The molecule has 0 bridgehead atoms. The summed E-state index contributed by atoms with van der Waals surface area (Å²) in [4.78, 5) is 4.58. The highest BCUT2D eigenvalue weighted by Gasteiger charge is 2.26. The zero-order chi connectivity index (χ0) is 15.5. The van der Waals surface area contributed by atoms with Crippen molar-refractivity contribution in [1.82, 2.24) is 20.1 Å². The van der Waals surface area contributed by atoms with Crippen LogP contribution < -0.4 is 5.32 Å². The first-order valence-corrected chi connectivity index (χ1v) is 7.97. The molecule has 0 radical (unpaired) electrons. The molecule has 0 spiro atoms. The molecule has 5 nitrogen and oxygen atoms in total. The standard InChI is InChI=1S/C16H21ClN4O/c1-11-18-16-14(4-3-9-21(16)20-11)19-15(10-22-2)12-5-7-13(17)8-6-12/h5-8,14-15,19H,3-4,9-10H2,1-2H3. The zero-order valence-electron chi connectivity index (χ0n) is 12.9. The van der Waals surface area contributed by atoms with Crippen LogP contribution >= 0.6 is 11.6 Å². The molecular formula is C16H21ClN4O. The summed E-state index contributed by atoms with van der Waals surface area (Å²) in [6.45, 7) is 3.49. The van der Waals surface area contributed by atoms with E-state index in [1.807, 2.05) is 35.9 Å². The van der Waals surface area contributed by atoms with E-state index in [0.717, 1.165) is 36.1 Å². The zero-order valence-corrected chi connectivity index (χ0v) is 13.7. The van der Waals surface area contributed by atoms with E-state index in [2.05, 4.69) is 15.4 Å². The monoisotopic (exact) mass is 320 g/mol. The van der Waals surface area contributed by atoms with Crippen molar-refractivity contribution in [2.75, 3.05) is 13.7 Å². The second-order valence-corrected chi connectivity index (χ2v) is 6.10. The van der Waals surface area contributed by atoms with E-state index >= 15 is 0 Å². The molecule has 0 amide bonds. The van der Waals surface area contributed by atoms with Crippen molar-refractivity contribution >= 4 is 11.6 Å². The quantitative estimate of drug-likeness (QED) is 0.920. The van der Waals surface area contributed by atoms with Gasteiger partial charge in [-0.3, -0.25) is 5.32 Å². The lowest BCUT2D eigenvalue weighted by Gasteiger charge is -2.28. The molecule has 2 aromatic rings. The van der Waals surface area contributed by atoms with Gasteiger partial charge in [0.1, 0.15) is 11.6 Å². The molecule has 1 aliphatic heterocycles. The number of ether oxygens (including phenoxy) is 1. The number of hydrogen-bond donors (Lipinski definition) is 1. The molecule has 2 heterocycles. The van der Waals surface area contributed by atoms with Crippen LogP contribution in [0.15, 0.2) is 24.3 Å². The number of nitrogens with zero attached hydrogens (tertiary/aromatic N) is 3. The predicted molar refractivity (Wildman–Crippen MR) is 85.9 cm³/mol. The Morgan fingerprint density at radius 3 is 2.91 bits per heavy atom. The molecule has 3 rings (SSSR count). The van der Waals surface area contributed by atoms with Gasteiger partial charge in [0.25, 0.3) is 0 Å². The van der Waals surface area contributed by atoms with Crippen LogP contribution in [0.25, 0.3) is 0 Å². The second kappa shape index (κ2) is 6.77. The van der Waals surface area contributed by atoms with Crippen molar-refractivity contribution in [3.8, 4) is 0 Å². The van der Waals surface area contributed by atoms with Crippen LogP contribution in [0.1, 0.15) is 42.1 Å². The number of fused-ring (bicyclic) bond motifs is 1. The SMILES string of the molecule is COCC(NC1CCCn2nc(C)nc21)c1ccc(Cl)cc1. The van der Waals surface area contributed by atoms with Gasteiger partial charge in [-0.05, 0) is 37.5 Å². The lowest BCUT2D eigenvalue weighted by atomic mass is 10.0. The highest BCUT2D eigenvalue weighted by atomic mass is 35.5. The lowest BCUT2D eigenvalue weighted by Crippen LogP contribution is -2.33. The van der Waals surface area contributed by atoms with Crippen LogP contribution in [0, 0.1) is 6.92 Å². The maximum absolute atomic E-state index is 5.98. The molecular weight excluding hydrogens is 300 g/mol. The van der Waals surface area contributed by atoms with Crippen LogP contribution in [-0.4, -0.2) is 28.5 Å². The molecule has 1 aromatic carbocycles. The van der Waals surface area contributed by atoms with Crippen molar-refractivity contribution in [2.45, 2.75) is 38.4 Å². The van der Waals surface area contributed by atoms with Gasteiger partial charge in [-0.25, -0.2) is 9.67 Å². The van der Waals surface area contributed by atoms with Crippen molar-refractivity contribution in [2.24, 2.45) is 0 Å². The Hall–Kier alpha value is -1.43. The predicted octanol–water partition coefficient (Wildman–Crippen LogP) is 3.05. The van der Waals surface area contributed by atoms with E-state index in [9.17, 15) is 0 Å². The Labute approximate surface area is 135 Å². The highest BCUT2D eigenvalue weighted by molar-refractivity contribution is 6.30. The number of benzene rings is 1. The maximum Gasteiger partial charge on any atom is 0.147 e. The van der Waals surface area contributed by atoms with E-state index in [1.165, 1.54) is 5.56 Å². The fourth-order valence-electron chi connectivity index (χ4n) is 2.97. The summed E-state index contributed by atoms with van der Waals surface area (Å²) < 4.78 is 7.40. The number of nitrogens with one attached hydrogen (secondary N) is 1. The van der Waals surface area contributed by atoms with Crippen LogP contribution in [0.3, 0.4) is 0 Å². The summed E-state index contributed by atoms with van der Waals surface area (Å²) in [7, 11) is 1.72. The summed E-state index contributed by atoms with van der Waals surface area (Å²) in [5.41, 5.74) is 1.17. The number of aromatic nitrogens is 3. The minimum absolute atomic E-state index is 0.107. The first-order chi connectivity index (χ1) is 10.7. The molecule has 118 valence electrons. The van der Waals surface area contributed by atoms with E-state index in [4.69, 9.17) is 16.3 Å². The number of aryl methyl sites for hydroxylation is 2. The van der Waals surface area contributed by atoms with Crippen LogP contribution in [0.4, 0.5) is 0 Å². The summed E-state index contributed by atoms with van der Waals surface area (Å²) in [5, 5.41) is 8.87. The minimum Gasteiger partial charge on any atom is -0.383 e. The largest absolute Gasteiger partial charge is 0.383 e. The fraction of sp³-hybridized carbons (Fsp3) is 0.500. The first-order valence-electron chi connectivity index (χ1n) is 7.59. The van der Waals surface area contributed by atoms with E-state index < -0.39 is 0 Å². The molecule has 2 atom stereocenters. The molecule has 22 heavy (non-hydrogen) atoms. The van der Waals surface area contributed by atoms with Crippen molar-refractivity contribution in [3.63, 3.8) is 0 Å². The average molecular weight is 321 g/mol. The number of rotatable bonds is 5. The minimum atomic E-state index is 0.107.